The van der Waals surface area contributed by atoms with Gasteiger partial charge in [-0.15, -0.1) is 0 Å². The quantitative estimate of drug-likeness (QED) is 0.332. The molecule has 1 heterocycles. The van der Waals surface area contributed by atoms with Gasteiger partial charge in [0.25, 0.3) is 5.91 Å². The predicted molar refractivity (Wildman–Crippen MR) is 88.6 cm³/mol. The number of carbonyl (C=O) groups is 3. The first-order valence-electron chi connectivity index (χ1n) is 7.46. The Morgan fingerprint density at radius 1 is 1.32 bits per heavy atom. The first-order valence-corrected chi connectivity index (χ1v) is 7.46. The molecule has 25 heavy (non-hydrogen) atoms. The van der Waals surface area contributed by atoms with E-state index in [0.29, 0.717) is 28.3 Å². The highest BCUT2D eigenvalue weighted by molar-refractivity contribution is 5.98. The number of methoxy groups -OCH3 is 1. The van der Waals surface area contributed by atoms with Crippen molar-refractivity contribution in [2.45, 2.75) is 19.9 Å². The number of hydrogen-bond acceptors (Lipinski definition) is 6. The van der Waals surface area contributed by atoms with Crippen LogP contribution in [0.15, 0.2) is 29.5 Å². The molecule has 0 bridgehead atoms. The Kier molecular flexibility index (Phi) is 5.60. The van der Waals surface area contributed by atoms with Gasteiger partial charge in [-0.3, -0.25) is 15.0 Å². The number of urea groups is 1. The Bertz CT molecular complexity index is 744. The van der Waals surface area contributed by atoms with E-state index >= 15 is 0 Å². The average Bonchev–Trinajstić information content (AvgIpc) is 2.58. The molecule has 1 aliphatic rings. The normalized spacial score (nSPS) is 16.6. The number of allylic oxidation sites excluding steroid dienone is 1. The van der Waals surface area contributed by atoms with Crippen molar-refractivity contribution in [3.8, 4) is 11.5 Å². The summed E-state index contributed by atoms with van der Waals surface area (Å²) in [5.41, 5.74) is 3.56. The van der Waals surface area contributed by atoms with Crippen molar-refractivity contribution in [2.75, 3.05) is 13.7 Å². The summed E-state index contributed by atoms with van der Waals surface area (Å²) in [6, 6.07) is 3.92. The fraction of sp³-hybridized carbons (Fsp3) is 0.312. The van der Waals surface area contributed by atoms with E-state index < -0.39 is 18.0 Å². The summed E-state index contributed by atoms with van der Waals surface area (Å²) in [4.78, 5) is 34.9. The minimum Gasteiger partial charge on any atom is -0.493 e. The Labute approximate surface area is 144 Å². The number of nitrogens with one attached hydrogen (secondary N) is 3. The molecule has 0 unspecified atom stereocenters. The zero-order chi connectivity index (χ0) is 18.6. The van der Waals surface area contributed by atoms with E-state index in [0.717, 1.165) is 0 Å². The molecular formula is C16H20N4O5. The molecule has 134 valence electrons. The van der Waals surface area contributed by atoms with Crippen LogP contribution in [0.3, 0.4) is 0 Å². The molecular weight excluding hydrogens is 328 g/mol. The maximum Gasteiger partial charge on any atom is 0.319 e. The lowest BCUT2D eigenvalue weighted by atomic mass is 9.93. The summed E-state index contributed by atoms with van der Waals surface area (Å²) in [6.07, 6.45) is 0. The Hall–Kier alpha value is -3.07. The van der Waals surface area contributed by atoms with Gasteiger partial charge in [-0.25, -0.2) is 10.6 Å². The van der Waals surface area contributed by atoms with E-state index in [1.807, 2.05) is 5.43 Å². The van der Waals surface area contributed by atoms with Crippen LogP contribution in [-0.4, -0.2) is 31.4 Å². The minimum atomic E-state index is -0.610. The molecule has 1 aliphatic heterocycles. The number of amides is 3. The van der Waals surface area contributed by atoms with Gasteiger partial charge in [0.05, 0.1) is 13.2 Å². The van der Waals surface area contributed by atoms with Crippen molar-refractivity contribution in [1.82, 2.24) is 16.1 Å². The van der Waals surface area contributed by atoms with Crippen molar-refractivity contribution >= 4 is 17.7 Å². The highest BCUT2D eigenvalue weighted by Crippen LogP contribution is 2.34. The molecule has 0 radical (unpaired) electrons. The molecule has 1 atom stereocenters. The average molecular weight is 348 g/mol. The van der Waals surface area contributed by atoms with Crippen molar-refractivity contribution in [2.24, 2.45) is 5.84 Å². The van der Waals surface area contributed by atoms with Gasteiger partial charge in [-0.05, 0) is 31.5 Å². The Balaban J connectivity index is 2.35. The third-order valence-corrected chi connectivity index (χ3v) is 3.69. The zero-order valence-corrected chi connectivity index (χ0v) is 14.1. The number of ether oxygens (including phenoxy) is 2. The van der Waals surface area contributed by atoms with Gasteiger partial charge in [-0.1, -0.05) is 6.07 Å². The lowest BCUT2D eigenvalue weighted by molar-refractivity contribution is -0.123. The van der Waals surface area contributed by atoms with Crippen LogP contribution < -0.4 is 31.4 Å². The molecule has 2 rings (SSSR count). The van der Waals surface area contributed by atoms with Crippen molar-refractivity contribution in [3.05, 3.63) is 35.0 Å². The van der Waals surface area contributed by atoms with Crippen LogP contribution in [0, 0.1) is 0 Å². The molecule has 1 aromatic rings. The summed E-state index contributed by atoms with van der Waals surface area (Å²) < 4.78 is 10.6. The van der Waals surface area contributed by atoms with Gasteiger partial charge in [0.15, 0.2) is 23.9 Å². The topological polar surface area (TPSA) is 132 Å². The van der Waals surface area contributed by atoms with Gasteiger partial charge >= 0.3 is 6.03 Å². The summed E-state index contributed by atoms with van der Waals surface area (Å²) in [7, 11) is 1.45. The van der Waals surface area contributed by atoms with Gasteiger partial charge in [0.1, 0.15) is 0 Å². The second kappa shape index (κ2) is 7.67. The van der Waals surface area contributed by atoms with Crippen molar-refractivity contribution < 1.29 is 23.9 Å². The lowest BCUT2D eigenvalue weighted by Gasteiger charge is -2.28. The van der Waals surface area contributed by atoms with Gasteiger partial charge in [-0.2, -0.15) is 0 Å². The van der Waals surface area contributed by atoms with Crippen molar-refractivity contribution in [3.63, 3.8) is 0 Å². The molecule has 9 heteroatoms. The van der Waals surface area contributed by atoms with E-state index in [-0.39, 0.29) is 12.4 Å². The molecule has 3 amide bonds. The monoisotopic (exact) mass is 348 g/mol. The van der Waals surface area contributed by atoms with Crippen LogP contribution >= 0.6 is 0 Å². The molecule has 0 fully saturated rings. The van der Waals surface area contributed by atoms with E-state index in [9.17, 15) is 14.4 Å². The highest BCUT2D eigenvalue weighted by Gasteiger charge is 2.29. The van der Waals surface area contributed by atoms with Gasteiger partial charge in [0.2, 0.25) is 0 Å². The lowest BCUT2D eigenvalue weighted by Crippen LogP contribution is -2.44. The van der Waals surface area contributed by atoms with Crippen LogP contribution in [0.1, 0.15) is 25.5 Å². The number of carbonyl (C=O) groups excluding carboxylic acids is 3. The molecule has 5 N–H and O–H groups in total. The fourth-order valence-corrected chi connectivity index (χ4v) is 2.58. The van der Waals surface area contributed by atoms with E-state index in [4.69, 9.17) is 15.3 Å². The number of hydrazine groups is 1. The molecule has 0 aromatic heterocycles. The molecule has 9 nitrogen and oxygen atoms in total. The maximum absolute atomic E-state index is 12.0. The standard InChI is InChI=1S/C16H20N4O5/c1-8-14(9(2)21)15(19-16(23)18-8)10-4-5-11(12(6-10)24-3)25-7-13(22)20-17/h4-6,15H,7,17H2,1-3H3,(H,20,22)(H2,18,19,23)/t15-/m0/s1. The van der Waals surface area contributed by atoms with Gasteiger partial charge in [0, 0.05) is 11.3 Å². The molecule has 1 aromatic carbocycles. The summed E-state index contributed by atoms with van der Waals surface area (Å²) >= 11 is 0. The van der Waals surface area contributed by atoms with E-state index in [1.54, 1.807) is 25.1 Å². The summed E-state index contributed by atoms with van der Waals surface area (Å²) in [5.74, 6) is 5.04. The second-order valence-electron chi connectivity index (χ2n) is 5.39. The molecule has 0 aliphatic carbocycles. The number of Topliss-reactive ketones (excluding diaryl/α,β-unsaturated/α-hetero) is 1. The Morgan fingerprint density at radius 2 is 2.04 bits per heavy atom. The zero-order valence-electron chi connectivity index (χ0n) is 14.1. The van der Waals surface area contributed by atoms with E-state index in [2.05, 4.69) is 10.6 Å². The first kappa shape index (κ1) is 18.3. The fourth-order valence-electron chi connectivity index (χ4n) is 2.58. The third kappa shape index (κ3) is 4.07. The highest BCUT2D eigenvalue weighted by atomic mass is 16.5. The molecule has 0 spiro atoms. The first-order chi connectivity index (χ1) is 11.9. The molecule has 0 saturated heterocycles. The van der Waals surface area contributed by atoms with Crippen molar-refractivity contribution in [1.29, 1.82) is 0 Å². The Morgan fingerprint density at radius 3 is 2.64 bits per heavy atom. The van der Waals surface area contributed by atoms with Crippen LogP contribution in [0.5, 0.6) is 11.5 Å². The molecule has 0 saturated carbocycles. The largest absolute Gasteiger partial charge is 0.493 e. The number of ketones is 1. The van der Waals surface area contributed by atoms with E-state index in [1.165, 1.54) is 14.0 Å². The SMILES string of the molecule is COc1cc([C@@H]2NC(=O)NC(C)=C2C(C)=O)ccc1OCC(=O)NN. The second-order valence-corrected chi connectivity index (χ2v) is 5.39. The predicted octanol–water partition coefficient (Wildman–Crippen LogP) is 0.281. The minimum absolute atomic E-state index is 0.158. The number of benzene rings is 1. The number of nitrogens with two attached hydrogens (primary N) is 1. The third-order valence-electron chi connectivity index (χ3n) is 3.69. The van der Waals surface area contributed by atoms with Crippen LogP contribution in [0.2, 0.25) is 0 Å². The number of hydrogen-bond donors (Lipinski definition) is 4. The van der Waals surface area contributed by atoms with Gasteiger partial charge < -0.3 is 20.1 Å². The van der Waals surface area contributed by atoms with Crippen LogP contribution in [0.25, 0.3) is 0 Å². The maximum atomic E-state index is 12.0. The van der Waals surface area contributed by atoms with Crippen LogP contribution in [0.4, 0.5) is 4.79 Å². The summed E-state index contributed by atoms with van der Waals surface area (Å²) in [6.45, 7) is 2.84. The number of rotatable bonds is 6. The van der Waals surface area contributed by atoms with Crippen LogP contribution in [-0.2, 0) is 9.59 Å². The smallest absolute Gasteiger partial charge is 0.319 e. The summed E-state index contributed by atoms with van der Waals surface area (Å²) in [5, 5.41) is 5.30.